The first-order valence-corrected chi connectivity index (χ1v) is 4.85. The Morgan fingerprint density at radius 3 is 2.88 bits per heavy atom. The molecule has 1 unspecified atom stereocenters. The molecule has 0 aliphatic rings. The monoisotopic (exact) mass is 155 g/mol. The quantitative estimate of drug-likeness (QED) is 0.486. The summed E-state index contributed by atoms with van der Waals surface area (Å²) in [4.78, 5) is 8.20. The maximum Gasteiger partial charge on any atom is 0.582 e. The summed E-state index contributed by atoms with van der Waals surface area (Å²) < 4.78 is 14.6. The van der Waals surface area contributed by atoms with E-state index in [9.17, 15) is 4.57 Å². The fraction of sp³-hybridized carbons (Fsp3) is 1.00. The van der Waals surface area contributed by atoms with Crippen LogP contribution in [0.25, 0.3) is 0 Å². The molecule has 1 N–H and O–H groups in total. The van der Waals surface area contributed by atoms with E-state index in [2.05, 4.69) is 4.74 Å². The Bertz CT molecular complexity index is 76.9. The Balaban J connectivity index is 2.82. The van der Waals surface area contributed by atoms with Gasteiger partial charge in [0, 0.05) is 7.11 Å². The van der Waals surface area contributed by atoms with Gasteiger partial charge in [0.05, 0.1) is 12.4 Å². The highest BCUT2D eigenvalue weighted by atomic mass is 32.7. The van der Waals surface area contributed by atoms with Gasteiger partial charge >= 0.3 is 7.23 Å². The van der Waals surface area contributed by atoms with E-state index in [-0.39, 0.29) is 0 Å². The normalized spacial score (nSPS) is 11.5. The van der Waals surface area contributed by atoms with Gasteiger partial charge in [0.25, 0.3) is 0 Å². The fourth-order valence-corrected chi connectivity index (χ4v) is 1.29. The van der Waals surface area contributed by atoms with Gasteiger partial charge < -0.3 is 4.74 Å². The van der Waals surface area contributed by atoms with Crippen molar-refractivity contribution in [1.29, 1.82) is 0 Å². The molecule has 0 amide bonds. The summed E-state index contributed by atoms with van der Waals surface area (Å²) in [5.74, 6) is 0.586. The minimum atomic E-state index is -2.03. The molecule has 0 heterocycles. The summed E-state index contributed by atoms with van der Waals surface area (Å²) in [5, 5.41) is 0. The molecule has 0 spiro atoms. The van der Waals surface area contributed by atoms with Crippen LogP contribution in [0.4, 0.5) is 0 Å². The number of methoxy groups -OCH3 is 1. The zero-order valence-electron chi connectivity index (χ0n) is 4.53. The van der Waals surface area contributed by atoms with E-state index in [1.807, 2.05) is 0 Å². The van der Waals surface area contributed by atoms with Gasteiger partial charge in [-0.25, -0.2) is 0 Å². The molecule has 8 heavy (non-hydrogen) atoms. The molecule has 3 nitrogen and oxygen atoms in total. The molecule has 0 aromatic carbocycles. The molecule has 0 bridgehead atoms. The molecule has 0 fully saturated rings. The number of hydrogen-bond acceptors (Lipinski definition) is 3. The third-order valence-corrected chi connectivity index (χ3v) is 2.27. The summed E-state index contributed by atoms with van der Waals surface area (Å²) in [5.41, 5.74) is 0. The second-order valence-corrected chi connectivity index (χ2v) is 3.92. The first kappa shape index (κ1) is 8.37. The molecule has 5 heteroatoms. The van der Waals surface area contributed by atoms with Gasteiger partial charge in [-0.2, -0.15) is 4.89 Å². The fourth-order valence-electron chi connectivity index (χ4n) is 0.199. The van der Waals surface area contributed by atoms with E-state index in [1.54, 1.807) is 7.11 Å². The lowest BCUT2D eigenvalue weighted by Crippen LogP contribution is -1.88. The Kier molecular flexibility index (Phi) is 5.76. The van der Waals surface area contributed by atoms with E-state index in [0.29, 0.717) is 12.4 Å². The molecule has 0 saturated carbocycles. The second kappa shape index (κ2) is 5.51. The van der Waals surface area contributed by atoms with Gasteiger partial charge in [-0.05, 0) is 4.57 Å². The van der Waals surface area contributed by atoms with Gasteiger partial charge in [0.2, 0.25) is 0 Å². The van der Waals surface area contributed by atoms with Crippen LogP contribution < -0.4 is 0 Å². The van der Waals surface area contributed by atoms with Crippen molar-refractivity contribution in [2.75, 3.05) is 19.5 Å². The maximum atomic E-state index is 9.93. The van der Waals surface area contributed by atoms with Gasteiger partial charge in [-0.3, -0.25) is 0 Å². The molecule has 0 radical (unpaired) electrons. The summed E-state index contributed by atoms with van der Waals surface area (Å²) in [7, 11) is -0.465. The summed E-state index contributed by atoms with van der Waals surface area (Å²) in [6.07, 6.45) is 0. The Hall–Kier alpha value is 0.370. The molecule has 0 aromatic rings. The molecule has 48 valence electrons. The minimum Gasteiger partial charge on any atom is -0.384 e. The Morgan fingerprint density at radius 1 is 1.88 bits per heavy atom. The lowest BCUT2D eigenvalue weighted by atomic mass is 10.9. The predicted molar refractivity (Wildman–Crippen MR) is 34.2 cm³/mol. The second-order valence-electron chi connectivity index (χ2n) is 1.06. The smallest absolute Gasteiger partial charge is 0.384 e. The Morgan fingerprint density at radius 2 is 2.50 bits per heavy atom. The first-order valence-electron chi connectivity index (χ1n) is 2.05. The largest absolute Gasteiger partial charge is 0.582 e. The molecule has 1 atom stereocenters. The van der Waals surface area contributed by atoms with Crippen LogP contribution in [0.5, 0.6) is 0 Å². The molecule has 0 aromatic heterocycles. The molecule has 0 aliphatic heterocycles. The van der Waals surface area contributed by atoms with Crippen molar-refractivity contribution >= 4 is 18.6 Å². The summed E-state index contributed by atoms with van der Waals surface area (Å²) in [6, 6.07) is 0. The zero-order valence-corrected chi connectivity index (χ0v) is 6.24. The van der Waals surface area contributed by atoms with Crippen molar-refractivity contribution in [1.82, 2.24) is 0 Å². The van der Waals surface area contributed by atoms with Crippen LogP contribution in [0, 0.1) is 0 Å². The van der Waals surface area contributed by atoms with Crippen LogP contribution in [0.15, 0.2) is 0 Å². The number of ether oxygens (including phenoxy) is 1. The van der Waals surface area contributed by atoms with E-state index >= 15 is 0 Å². The van der Waals surface area contributed by atoms with Crippen molar-refractivity contribution in [3.8, 4) is 0 Å². The average Bonchev–Trinajstić information content (AvgIpc) is 1.66. The third kappa shape index (κ3) is 6.37. The zero-order chi connectivity index (χ0) is 6.41. The van der Waals surface area contributed by atoms with Gasteiger partial charge in [-0.15, -0.1) is 0 Å². The highest BCUT2D eigenvalue weighted by molar-refractivity contribution is 8.50. The molecular weight excluding hydrogens is 147 g/mol. The molecule has 0 saturated heterocycles. The van der Waals surface area contributed by atoms with Crippen molar-refractivity contribution < 1.29 is 14.2 Å². The first-order chi connectivity index (χ1) is 3.77. The topological polar surface area (TPSA) is 46.5 Å². The van der Waals surface area contributed by atoms with Crippen molar-refractivity contribution in [3.63, 3.8) is 0 Å². The minimum absolute atomic E-state index is 0.534. The van der Waals surface area contributed by atoms with Crippen LogP contribution in [0.1, 0.15) is 0 Å². The summed E-state index contributed by atoms with van der Waals surface area (Å²) in [6.45, 7) is 0.534. The molecule has 0 rings (SSSR count). The van der Waals surface area contributed by atoms with E-state index in [1.165, 1.54) is 0 Å². The summed E-state index contributed by atoms with van der Waals surface area (Å²) >= 11 is 0.996. The standard InChI is InChI=1S/C3H7O3PS/c1-6-2-3-8-7(4)5/h2-3H2,1H3/p+1. The highest BCUT2D eigenvalue weighted by Gasteiger charge is 2.10. The Labute approximate surface area is 53.0 Å². The van der Waals surface area contributed by atoms with Crippen molar-refractivity contribution in [3.05, 3.63) is 0 Å². The van der Waals surface area contributed by atoms with E-state index in [0.717, 1.165) is 11.4 Å². The van der Waals surface area contributed by atoms with E-state index < -0.39 is 7.23 Å². The number of rotatable bonds is 4. The van der Waals surface area contributed by atoms with Crippen LogP contribution in [-0.2, 0) is 9.30 Å². The SMILES string of the molecule is COCCS[P+](=O)O. The van der Waals surface area contributed by atoms with Crippen LogP contribution in [0.3, 0.4) is 0 Å². The van der Waals surface area contributed by atoms with Crippen LogP contribution in [0.2, 0.25) is 0 Å². The molecule has 0 aliphatic carbocycles. The molecular formula is C3H8O3PS+. The lowest BCUT2D eigenvalue weighted by molar-refractivity contribution is 0.219. The lowest BCUT2D eigenvalue weighted by Gasteiger charge is -1.85. The van der Waals surface area contributed by atoms with Crippen LogP contribution >= 0.6 is 18.6 Å². The predicted octanol–water partition coefficient (Wildman–Crippen LogP) is 1.02. The van der Waals surface area contributed by atoms with E-state index in [4.69, 9.17) is 4.89 Å². The van der Waals surface area contributed by atoms with Crippen molar-refractivity contribution in [2.45, 2.75) is 0 Å². The number of hydrogen-bond donors (Lipinski definition) is 1. The maximum absolute atomic E-state index is 9.93. The van der Waals surface area contributed by atoms with Gasteiger partial charge in [-0.1, -0.05) is 0 Å². The van der Waals surface area contributed by atoms with Gasteiger partial charge in [0.15, 0.2) is 11.4 Å². The third-order valence-electron chi connectivity index (χ3n) is 0.489. The average molecular weight is 155 g/mol. The highest BCUT2D eigenvalue weighted by Crippen LogP contribution is 2.31. The van der Waals surface area contributed by atoms with Gasteiger partial charge in [0.1, 0.15) is 0 Å². The van der Waals surface area contributed by atoms with Crippen LogP contribution in [-0.4, -0.2) is 24.4 Å². The van der Waals surface area contributed by atoms with Crippen molar-refractivity contribution in [2.24, 2.45) is 0 Å².